The first-order chi connectivity index (χ1) is 31.7. The number of allylic oxidation sites excluding steroid dienone is 4. The van der Waals surface area contributed by atoms with Crippen LogP contribution in [-0.4, -0.2) is 38.4 Å². The fourth-order valence-electron chi connectivity index (χ4n) is 11.3. The Morgan fingerprint density at radius 3 is 2.42 bits per heavy atom. The minimum Gasteiger partial charge on any atom is -0.485 e. The molecule has 10 aromatic rings. The average molecular weight is 827 g/mol. The molecule has 0 bridgehead atoms. The van der Waals surface area contributed by atoms with E-state index in [0.717, 1.165) is 78.0 Å². The molecular weight excluding hydrogens is 789 g/mol. The van der Waals surface area contributed by atoms with Crippen molar-refractivity contribution in [2.24, 2.45) is 0 Å². The van der Waals surface area contributed by atoms with Gasteiger partial charge in [-0.15, -0.1) is 0 Å². The molecule has 64 heavy (non-hydrogen) atoms. The second kappa shape index (κ2) is 12.7. The third-order valence-corrected chi connectivity index (χ3v) is 14.2. The van der Waals surface area contributed by atoms with E-state index < -0.39 is 0 Å². The second-order valence-electron chi connectivity index (χ2n) is 17.5. The third-order valence-electron chi connectivity index (χ3n) is 14.2. The Labute approximate surface area is 367 Å². The highest BCUT2D eigenvalue weighted by Gasteiger charge is 2.50. The Kier molecular flexibility index (Phi) is 6.81. The van der Waals surface area contributed by atoms with Crippen molar-refractivity contribution in [2.75, 3.05) is 15.1 Å². The summed E-state index contributed by atoms with van der Waals surface area (Å²) in [6.45, 7) is 0. The van der Waals surface area contributed by atoms with Gasteiger partial charge in [-0.25, -0.2) is 4.98 Å². The monoisotopic (exact) mass is 826 g/mol. The molecule has 0 saturated carbocycles. The van der Waals surface area contributed by atoms with Crippen molar-refractivity contribution >= 4 is 72.4 Å². The number of para-hydroxylation sites is 5. The predicted octanol–water partition coefficient (Wildman–Crippen LogP) is 12.4. The molecule has 3 aromatic heterocycles. The van der Waals surface area contributed by atoms with Gasteiger partial charge in [0.1, 0.15) is 23.0 Å². The average Bonchev–Trinajstić information content (AvgIpc) is 4.19. The Morgan fingerprint density at radius 2 is 1.42 bits per heavy atom. The summed E-state index contributed by atoms with van der Waals surface area (Å²) in [5.74, 6) is 2.09. The zero-order chi connectivity index (χ0) is 41.6. The molecule has 8 nitrogen and oxygen atoms in total. The molecule has 5 unspecified atom stereocenters. The number of aromatic nitrogens is 3. The van der Waals surface area contributed by atoms with Crippen LogP contribution in [0, 0.1) is 0 Å². The fraction of sp³-hybridized carbons (Fsp3) is 0.0893. The first kappa shape index (κ1) is 34.4. The lowest BCUT2D eigenvalue weighted by molar-refractivity contribution is 0.269. The number of furan rings is 1. The number of rotatable bonds is 4. The molecule has 0 amide bonds. The number of ether oxygens (including phenoxy) is 1. The smallest absolute Gasteiger partial charge is 0.220 e. The van der Waals surface area contributed by atoms with Crippen LogP contribution in [0.5, 0.6) is 5.75 Å². The number of imidazole rings is 2. The number of nitrogens with one attached hydrogen (secondary N) is 1. The molecular formula is C56H38N6O2. The van der Waals surface area contributed by atoms with Gasteiger partial charge in [-0.3, -0.25) is 8.97 Å². The van der Waals surface area contributed by atoms with E-state index in [1.165, 1.54) is 28.1 Å². The number of nitrogens with zero attached hydrogens (tertiary/aromatic N) is 5. The van der Waals surface area contributed by atoms with Gasteiger partial charge in [-0.1, -0.05) is 103 Å². The van der Waals surface area contributed by atoms with Gasteiger partial charge in [0.15, 0.2) is 6.29 Å². The molecule has 15 rings (SSSR count). The summed E-state index contributed by atoms with van der Waals surface area (Å²) in [5, 5.41) is 6.09. The molecule has 304 valence electrons. The highest BCUT2D eigenvalue weighted by Crippen LogP contribution is 2.49. The maximum atomic E-state index is 6.36. The van der Waals surface area contributed by atoms with E-state index in [4.69, 9.17) is 14.1 Å². The maximum Gasteiger partial charge on any atom is 0.220 e. The van der Waals surface area contributed by atoms with Gasteiger partial charge in [0, 0.05) is 27.9 Å². The lowest BCUT2D eigenvalue weighted by Gasteiger charge is -2.31. The van der Waals surface area contributed by atoms with Crippen molar-refractivity contribution in [3.05, 3.63) is 205 Å². The summed E-state index contributed by atoms with van der Waals surface area (Å²) in [6, 6.07) is 54.7. The van der Waals surface area contributed by atoms with Crippen molar-refractivity contribution < 1.29 is 9.15 Å². The van der Waals surface area contributed by atoms with Crippen molar-refractivity contribution in [1.29, 1.82) is 0 Å². The molecule has 7 aromatic carbocycles. The van der Waals surface area contributed by atoms with Crippen LogP contribution in [0.4, 0.5) is 17.1 Å². The quantitative estimate of drug-likeness (QED) is 0.191. The Bertz CT molecular complexity index is 3770. The fourth-order valence-corrected chi connectivity index (χ4v) is 11.3. The van der Waals surface area contributed by atoms with Gasteiger partial charge >= 0.3 is 0 Å². The number of hydrogen-bond donors (Lipinski definition) is 1. The van der Waals surface area contributed by atoms with Crippen molar-refractivity contribution in [1.82, 2.24) is 14.0 Å². The molecule has 6 heterocycles. The number of benzene rings is 7. The maximum absolute atomic E-state index is 6.36. The highest BCUT2D eigenvalue weighted by molar-refractivity contribution is 6.06. The summed E-state index contributed by atoms with van der Waals surface area (Å²) in [7, 11) is 0. The number of anilines is 3. The molecule has 5 aliphatic rings. The van der Waals surface area contributed by atoms with Crippen LogP contribution in [0.15, 0.2) is 199 Å². The molecule has 1 fully saturated rings. The van der Waals surface area contributed by atoms with Crippen molar-refractivity contribution in [2.45, 2.75) is 30.4 Å². The first-order valence-corrected chi connectivity index (χ1v) is 22.1. The van der Waals surface area contributed by atoms with E-state index >= 15 is 0 Å². The molecule has 2 aliphatic carbocycles. The second-order valence-corrected chi connectivity index (χ2v) is 17.5. The van der Waals surface area contributed by atoms with Gasteiger partial charge in [-0.05, 0) is 113 Å². The van der Waals surface area contributed by atoms with Crippen LogP contribution in [0.25, 0.3) is 72.2 Å². The summed E-state index contributed by atoms with van der Waals surface area (Å²) in [6.07, 6.45) is 15.9. The Hall–Kier alpha value is -8.23. The van der Waals surface area contributed by atoms with Gasteiger partial charge in [0.2, 0.25) is 5.78 Å². The van der Waals surface area contributed by atoms with E-state index in [9.17, 15) is 0 Å². The normalized spacial score (nSPS) is 21.4. The standard InChI is InChI=1S/C56H38N6O2/c1-7-18-51-39(12-1)41-31-37(22-26-53(41)63-51)59-47-24-20-35(29-49(47)61-45-16-5-3-14-43(45)57-55(59)61)33-10-9-11-34(28-33)36-21-25-48-50(30-36)62-46-17-6-4-15-44(46)58-56(62)60(48)38-23-27-54-42(32-38)40-13-2-8-19-52(40)64-54/h1-32,39,47,49,51,55,57H. The zero-order valence-electron chi connectivity index (χ0n) is 34.4. The van der Waals surface area contributed by atoms with Crippen LogP contribution >= 0.6 is 0 Å². The Morgan fingerprint density at radius 1 is 0.578 bits per heavy atom. The van der Waals surface area contributed by atoms with Crippen molar-refractivity contribution in [3.8, 4) is 22.6 Å². The van der Waals surface area contributed by atoms with Crippen LogP contribution < -0.4 is 19.9 Å². The molecule has 0 spiro atoms. The van der Waals surface area contributed by atoms with Crippen LogP contribution in [0.1, 0.15) is 17.0 Å². The first-order valence-electron chi connectivity index (χ1n) is 22.1. The lowest BCUT2D eigenvalue weighted by atomic mass is 9.90. The molecule has 5 atom stereocenters. The predicted molar refractivity (Wildman–Crippen MR) is 258 cm³/mol. The molecule has 8 heteroatoms. The molecule has 3 aliphatic heterocycles. The van der Waals surface area contributed by atoms with Crippen LogP contribution in [-0.2, 0) is 0 Å². The highest BCUT2D eigenvalue weighted by atomic mass is 16.5. The minimum absolute atomic E-state index is 0.0342. The van der Waals surface area contributed by atoms with E-state index in [1.807, 2.05) is 12.1 Å². The van der Waals surface area contributed by atoms with E-state index in [-0.39, 0.29) is 30.4 Å². The summed E-state index contributed by atoms with van der Waals surface area (Å²) in [5.41, 5.74) is 16.6. The van der Waals surface area contributed by atoms with Crippen molar-refractivity contribution in [3.63, 3.8) is 0 Å². The van der Waals surface area contributed by atoms with E-state index in [2.05, 4.69) is 206 Å². The minimum atomic E-state index is -0.0342. The van der Waals surface area contributed by atoms with Crippen LogP contribution in [0.3, 0.4) is 0 Å². The summed E-state index contributed by atoms with van der Waals surface area (Å²) < 4.78 is 17.2. The number of fused-ring (bicyclic) bond motifs is 16. The topological polar surface area (TPSA) is 63.1 Å². The van der Waals surface area contributed by atoms with Gasteiger partial charge in [0.25, 0.3) is 0 Å². The third kappa shape index (κ3) is 4.74. The zero-order valence-corrected chi connectivity index (χ0v) is 34.4. The summed E-state index contributed by atoms with van der Waals surface area (Å²) in [4.78, 5) is 10.3. The van der Waals surface area contributed by atoms with E-state index in [0.29, 0.717) is 0 Å². The largest absolute Gasteiger partial charge is 0.485 e. The van der Waals surface area contributed by atoms with Crippen LogP contribution in [0.2, 0.25) is 0 Å². The van der Waals surface area contributed by atoms with E-state index in [1.54, 1.807) is 0 Å². The molecule has 1 N–H and O–H groups in total. The number of hydrogen-bond acceptors (Lipinski definition) is 6. The lowest BCUT2D eigenvalue weighted by Crippen LogP contribution is -2.43. The molecule has 1 saturated heterocycles. The van der Waals surface area contributed by atoms with Gasteiger partial charge in [0.05, 0.1) is 51.2 Å². The summed E-state index contributed by atoms with van der Waals surface area (Å²) >= 11 is 0. The SMILES string of the molecule is C1=CC2Oc3ccc(N4C5C=CC(c6cccc(-c7ccc8c(c7)n7c9ccccc9nc7n8-c7ccc8oc9ccccc9c8c7)c6)=CC5N5c6ccccc6NC45)cc3C2C=C1. The van der Waals surface area contributed by atoms with Gasteiger partial charge < -0.3 is 24.3 Å². The molecule has 0 radical (unpaired) electrons. The van der Waals surface area contributed by atoms with Gasteiger partial charge in [-0.2, -0.15) is 0 Å². The Balaban J connectivity index is 0.824.